The smallest absolute Gasteiger partial charge is 0.341 e. The highest BCUT2D eigenvalue weighted by Gasteiger charge is 2.47. The molecule has 2 aliphatic heterocycles. The Bertz CT molecular complexity index is 858. The Labute approximate surface area is 157 Å². The lowest BCUT2D eigenvalue weighted by molar-refractivity contribution is 0.0535. The van der Waals surface area contributed by atoms with Gasteiger partial charge in [0, 0.05) is 5.56 Å². The van der Waals surface area contributed by atoms with Crippen molar-refractivity contribution in [2.24, 2.45) is 21.5 Å². The summed E-state index contributed by atoms with van der Waals surface area (Å²) >= 11 is 0. The van der Waals surface area contributed by atoms with Gasteiger partial charge in [-0.3, -0.25) is 4.90 Å². The summed E-state index contributed by atoms with van der Waals surface area (Å²) in [4.78, 5) is 23.2. The normalized spacial score (nSPS) is 20.7. The highest BCUT2D eigenvalue weighted by Crippen LogP contribution is 2.50. The summed E-state index contributed by atoms with van der Waals surface area (Å²) in [7, 11) is 3.07. The van der Waals surface area contributed by atoms with E-state index >= 15 is 0 Å². The van der Waals surface area contributed by atoms with Crippen LogP contribution in [0.25, 0.3) is 0 Å². The third kappa shape index (κ3) is 2.56. The van der Waals surface area contributed by atoms with Gasteiger partial charge in [-0.2, -0.15) is 4.99 Å². The zero-order valence-electron chi connectivity index (χ0n) is 15.4. The largest absolute Gasteiger partial charge is 0.493 e. The summed E-state index contributed by atoms with van der Waals surface area (Å²) in [6, 6.07) is 1.75. The minimum atomic E-state index is -0.704. The number of esters is 1. The Hall–Kier alpha value is -2.97. The van der Waals surface area contributed by atoms with E-state index in [0.717, 1.165) is 32.1 Å². The summed E-state index contributed by atoms with van der Waals surface area (Å²) in [6.45, 7) is 0.171. The van der Waals surface area contributed by atoms with Crippen molar-refractivity contribution >= 4 is 23.6 Å². The van der Waals surface area contributed by atoms with E-state index in [4.69, 9.17) is 25.7 Å². The van der Waals surface area contributed by atoms with E-state index in [1.807, 2.05) is 0 Å². The van der Waals surface area contributed by atoms with Crippen LogP contribution in [0.4, 0.5) is 5.69 Å². The minimum Gasteiger partial charge on any atom is -0.493 e. The molecule has 1 aliphatic carbocycles. The van der Waals surface area contributed by atoms with Crippen LogP contribution in [-0.2, 0) is 11.3 Å². The highest BCUT2D eigenvalue weighted by atomic mass is 16.5. The molecule has 2 heterocycles. The third-order valence-electron chi connectivity index (χ3n) is 5.36. The summed E-state index contributed by atoms with van der Waals surface area (Å²) in [5.74, 6) is 0.784. The molecule has 0 bridgehead atoms. The van der Waals surface area contributed by atoms with E-state index in [9.17, 15) is 4.79 Å². The van der Waals surface area contributed by atoms with Crippen LogP contribution in [-0.4, -0.2) is 37.8 Å². The molecule has 0 radical (unpaired) electrons. The van der Waals surface area contributed by atoms with Crippen LogP contribution in [0.3, 0.4) is 0 Å². The fraction of sp³-hybridized carbons (Fsp3) is 0.500. The Morgan fingerprint density at radius 3 is 2.59 bits per heavy atom. The summed E-state index contributed by atoms with van der Waals surface area (Å²) in [5.41, 5.74) is 13.2. The zero-order chi connectivity index (χ0) is 19.2. The highest BCUT2D eigenvalue weighted by molar-refractivity contribution is 6.12. The van der Waals surface area contributed by atoms with E-state index in [-0.39, 0.29) is 18.5 Å². The SMILES string of the molecule is COc1cc2c(c(N3C(N)=NC(N)=NC34CCCCC4)c1OC)C(=O)OC2. The predicted molar refractivity (Wildman–Crippen MR) is 100 cm³/mol. The lowest BCUT2D eigenvalue weighted by Gasteiger charge is -2.46. The number of carbonyl (C=O) groups excluding carboxylic acids is 1. The Kier molecular flexibility index (Phi) is 4.09. The van der Waals surface area contributed by atoms with Gasteiger partial charge in [-0.15, -0.1) is 0 Å². The number of guanidine groups is 2. The molecule has 0 aromatic heterocycles. The van der Waals surface area contributed by atoms with Crippen molar-refractivity contribution in [1.29, 1.82) is 0 Å². The molecule has 1 aromatic carbocycles. The standard InChI is InChI=1S/C18H23N5O4/c1-25-11-8-10-9-27-15(24)12(10)13(14(11)26-2)23-17(20)21-16(19)22-18(23)6-4-3-5-7-18/h8H,3-7,9H2,1-2H3,(H4,19,20,21,22). The van der Waals surface area contributed by atoms with Gasteiger partial charge in [0.2, 0.25) is 11.9 Å². The predicted octanol–water partition coefficient (Wildman–Crippen LogP) is 1.48. The van der Waals surface area contributed by atoms with Crippen molar-refractivity contribution < 1.29 is 19.0 Å². The van der Waals surface area contributed by atoms with E-state index < -0.39 is 11.6 Å². The number of rotatable bonds is 3. The van der Waals surface area contributed by atoms with Crippen molar-refractivity contribution in [3.63, 3.8) is 0 Å². The van der Waals surface area contributed by atoms with Gasteiger partial charge in [0.25, 0.3) is 0 Å². The first-order chi connectivity index (χ1) is 13.0. The molecule has 144 valence electrons. The number of aliphatic imine (C=N–C) groups is 2. The van der Waals surface area contributed by atoms with Gasteiger partial charge in [0.1, 0.15) is 18.0 Å². The monoisotopic (exact) mass is 373 g/mol. The number of fused-ring (bicyclic) bond motifs is 1. The zero-order valence-corrected chi connectivity index (χ0v) is 15.4. The first-order valence-corrected chi connectivity index (χ1v) is 8.95. The molecule has 4 N–H and O–H groups in total. The van der Waals surface area contributed by atoms with E-state index in [1.165, 1.54) is 7.11 Å². The first kappa shape index (κ1) is 17.4. The van der Waals surface area contributed by atoms with Gasteiger partial charge in [-0.1, -0.05) is 6.42 Å². The number of anilines is 1. The van der Waals surface area contributed by atoms with Gasteiger partial charge in [0.15, 0.2) is 11.5 Å². The van der Waals surface area contributed by atoms with E-state index in [1.54, 1.807) is 18.1 Å². The van der Waals surface area contributed by atoms with Crippen LogP contribution in [0.2, 0.25) is 0 Å². The third-order valence-corrected chi connectivity index (χ3v) is 5.36. The average molecular weight is 373 g/mol. The number of hydrogen-bond acceptors (Lipinski definition) is 9. The molecular formula is C18H23N5O4. The van der Waals surface area contributed by atoms with E-state index in [0.29, 0.717) is 28.3 Å². The number of methoxy groups -OCH3 is 2. The molecule has 4 rings (SSSR count). The number of benzene rings is 1. The minimum absolute atomic E-state index is 0.145. The summed E-state index contributed by atoms with van der Waals surface area (Å²) in [5, 5.41) is 0. The lowest BCUT2D eigenvalue weighted by atomic mass is 9.86. The van der Waals surface area contributed by atoms with Crippen molar-refractivity contribution in [2.45, 2.75) is 44.4 Å². The lowest BCUT2D eigenvalue weighted by Crippen LogP contribution is -2.58. The maximum atomic E-state index is 12.6. The van der Waals surface area contributed by atoms with Crippen LogP contribution < -0.4 is 25.8 Å². The number of cyclic esters (lactones) is 1. The fourth-order valence-corrected chi connectivity index (χ4v) is 4.24. The van der Waals surface area contributed by atoms with Gasteiger partial charge < -0.3 is 25.7 Å². The molecule has 27 heavy (non-hydrogen) atoms. The molecule has 0 amide bonds. The molecule has 1 saturated carbocycles. The van der Waals surface area contributed by atoms with Crippen LogP contribution >= 0.6 is 0 Å². The fourth-order valence-electron chi connectivity index (χ4n) is 4.24. The summed E-state index contributed by atoms with van der Waals surface area (Å²) < 4.78 is 16.4. The van der Waals surface area contributed by atoms with Gasteiger partial charge in [-0.05, 0) is 31.7 Å². The van der Waals surface area contributed by atoms with Crippen LogP contribution in [0.15, 0.2) is 16.1 Å². The number of carbonyl (C=O) groups is 1. The number of nitrogens with two attached hydrogens (primary N) is 2. The molecule has 0 saturated heterocycles. The van der Waals surface area contributed by atoms with E-state index in [2.05, 4.69) is 9.98 Å². The van der Waals surface area contributed by atoms with Crippen molar-refractivity contribution in [1.82, 2.24) is 0 Å². The number of nitrogens with zero attached hydrogens (tertiary/aromatic N) is 3. The second-order valence-electron chi connectivity index (χ2n) is 6.89. The topological polar surface area (TPSA) is 125 Å². The quantitative estimate of drug-likeness (QED) is 0.769. The van der Waals surface area contributed by atoms with Crippen molar-refractivity contribution in [2.75, 3.05) is 19.1 Å². The van der Waals surface area contributed by atoms with Gasteiger partial charge in [0.05, 0.1) is 19.8 Å². The first-order valence-electron chi connectivity index (χ1n) is 8.95. The van der Waals surface area contributed by atoms with Crippen LogP contribution in [0.5, 0.6) is 11.5 Å². The maximum absolute atomic E-state index is 12.6. The molecule has 1 aromatic rings. The molecule has 1 spiro atoms. The van der Waals surface area contributed by atoms with Crippen molar-refractivity contribution in [3.05, 3.63) is 17.2 Å². The van der Waals surface area contributed by atoms with Gasteiger partial charge in [-0.25, -0.2) is 9.79 Å². The molecule has 9 heteroatoms. The molecule has 1 fully saturated rings. The van der Waals surface area contributed by atoms with Crippen molar-refractivity contribution in [3.8, 4) is 11.5 Å². The molecular weight excluding hydrogens is 350 g/mol. The van der Waals surface area contributed by atoms with Crippen LogP contribution in [0, 0.1) is 0 Å². The Morgan fingerprint density at radius 2 is 1.93 bits per heavy atom. The van der Waals surface area contributed by atoms with Crippen LogP contribution in [0.1, 0.15) is 48.0 Å². The summed E-state index contributed by atoms with van der Waals surface area (Å²) in [6.07, 6.45) is 4.54. The second-order valence-corrected chi connectivity index (χ2v) is 6.89. The second kappa shape index (κ2) is 6.33. The molecule has 9 nitrogen and oxygen atoms in total. The number of hydrogen-bond donors (Lipinski definition) is 2. The molecule has 3 aliphatic rings. The Morgan fingerprint density at radius 1 is 1.19 bits per heavy atom. The molecule has 0 atom stereocenters. The molecule has 0 unspecified atom stereocenters. The maximum Gasteiger partial charge on any atom is 0.341 e. The number of ether oxygens (including phenoxy) is 3. The van der Waals surface area contributed by atoms with Gasteiger partial charge >= 0.3 is 5.97 Å². The average Bonchev–Trinajstić information content (AvgIpc) is 3.01. The Balaban J connectivity index is 2.00.